The highest BCUT2D eigenvalue weighted by Gasteiger charge is 2.31. The highest BCUT2D eigenvalue weighted by molar-refractivity contribution is 7.99. The van der Waals surface area contributed by atoms with Crippen LogP contribution in [0.3, 0.4) is 0 Å². The van der Waals surface area contributed by atoms with Gasteiger partial charge in [-0.3, -0.25) is 14.7 Å². The predicted molar refractivity (Wildman–Crippen MR) is 88.3 cm³/mol. The zero-order chi connectivity index (χ0) is 16.5. The van der Waals surface area contributed by atoms with Gasteiger partial charge in [-0.1, -0.05) is 18.2 Å². The number of nitro groups is 1. The average molecular weight is 339 g/mol. The number of nitrogens with zero attached hydrogens (tertiary/aromatic N) is 5. The van der Waals surface area contributed by atoms with Crippen molar-refractivity contribution in [2.75, 3.05) is 0 Å². The molecule has 1 aromatic carbocycles. The van der Waals surface area contributed by atoms with Crippen LogP contribution in [0.5, 0.6) is 0 Å². The SMILES string of the molecule is O=[N+]([O-])c1cccnc1Sc1nnc(C2CC2)n1-c1ccccc1. The summed E-state index contributed by atoms with van der Waals surface area (Å²) in [5, 5.41) is 20.7. The number of rotatable bonds is 5. The zero-order valence-corrected chi connectivity index (χ0v) is 13.4. The first-order valence-corrected chi connectivity index (χ1v) is 8.33. The first-order chi connectivity index (χ1) is 11.7. The van der Waals surface area contributed by atoms with Gasteiger partial charge in [0.2, 0.25) is 5.16 Å². The fourth-order valence-corrected chi connectivity index (χ4v) is 3.36. The molecule has 0 spiro atoms. The second-order valence-electron chi connectivity index (χ2n) is 5.47. The Bertz CT molecular complexity index is 892. The van der Waals surface area contributed by atoms with Crippen LogP contribution in [0.1, 0.15) is 24.6 Å². The van der Waals surface area contributed by atoms with Crippen molar-refractivity contribution in [3.05, 3.63) is 64.6 Å². The summed E-state index contributed by atoms with van der Waals surface area (Å²) in [5.41, 5.74) is 0.920. The molecule has 2 heterocycles. The highest BCUT2D eigenvalue weighted by atomic mass is 32.2. The smallest absolute Gasteiger partial charge is 0.273 e. The molecule has 0 saturated heterocycles. The molecular formula is C16H13N5O2S. The molecule has 1 aliphatic carbocycles. The van der Waals surface area contributed by atoms with Crippen LogP contribution in [0.15, 0.2) is 58.8 Å². The van der Waals surface area contributed by atoms with Crippen LogP contribution in [0.25, 0.3) is 5.69 Å². The topological polar surface area (TPSA) is 86.7 Å². The van der Waals surface area contributed by atoms with Gasteiger partial charge in [0.15, 0.2) is 5.03 Å². The lowest BCUT2D eigenvalue weighted by Crippen LogP contribution is -2.02. The molecule has 0 aliphatic heterocycles. The van der Waals surface area contributed by atoms with Gasteiger partial charge in [-0.2, -0.15) is 0 Å². The monoisotopic (exact) mass is 339 g/mol. The van der Waals surface area contributed by atoms with Gasteiger partial charge in [-0.15, -0.1) is 10.2 Å². The minimum atomic E-state index is -0.430. The summed E-state index contributed by atoms with van der Waals surface area (Å²) in [7, 11) is 0. The van der Waals surface area contributed by atoms with Crippen LogP contribution in [-0.4, -0.2) is 24.7 Å². The second-order valence-corrected chi connectivity index (χ2v) is 6.43. The third-order valence-corrected chi connectivity index (χ3v) is 4.71. The fraction of sp³-hybridized carbons (Fsp3) is 0.188. The molecule has 7 nitrogen and oxygen atoms in total. The summed E-state index contributed by atoms with van der Waals surface area (Å²) in [6.45, 7) is 0. The van der Waals surface area contributed by atoms with E-state index in [0.717, 1.165) is 24.4 Å². The molecule has 8 heteroatoms. The van der Waals surface area contributed by atoms with Crippen molar-refractivity contribution in [2.45, 2.75) is 28.9 Å². The maximum absolute atomic E-state index is 11.2. The van der Waals surface area contributed by atoms with Crippen molar-refractivity contribution < 1.29 is 4.92 Å². The molecule has 4 rings (SSSR count). The Morgan fingerprint density at radius 3 is 2.62 bits per heavy atom. The standard InChI is InChI=1S/C16H13N5O2S/c22-21(23)13-7-4-10-17-15(13)24-16-19-18-14(11-8-9-11)20(16)12-5-2-1-3-6-12/h1-7,10-11H,8-9H2. The van der Waals surface area contributed by atoms with E-state index in [9.17, 15) is 10.1 Å². The molecule has 1 saturated carbocycles. The molecule has 0 bridgehead atoms. The lowest BCUT2D eigenvalue weighted by Gasteiger charge is -2.09. The van der Waals surface area contributed by atoms with Crippen molar-refractivity contribution in [3.63, 3.8) is 0 Å². The zero-order valence-electron chi connectivity index (χ0n) is 12.6. The van der Waals surface area contributed by atoms with Crippen LogP contribution in [-0.2, 0) is 0 Å². The van der Waals surface area contributed by atoms with E-state index < -0.39 is 4.92 Å². The van der Waals surface area contributed by atoms with E-state index in [4.69, 9.17) is 0 Å². The molecule has 0 atom stereocenters. The minimum Gasteiger partial charge on any atom is -0.273 e. The van der Waals surface area contributed by atoms with E-state index in [0.29, 0.717) is 16.1 Å². The van der Waals surface area contributed by atoms with E-state index in [2.05, 4.69) is 15.2 Å². The van der Waals surface area contributed by atoms with E-state index in [-0.39, 0.29) is 5.69 Å². The molecule has 0 unspecified atom stereocenters. The van der Waals surface area contributed by atoms with Crippen molar-refractivity contribution in [1.82, 2.24) is 19.7 Å². The van der Waals surface area contributed by atoms with Crippen LogP contribution in [0, 0.1) is 10.1 Å². The molecule has 1 aliphatic rings. The first-order valence-electron chi connectivity index (χ1n) is 7.52. The molecule has 0 N–H and O–H groups in total. The van der Waals surface area contributed by atoms with Gasteiger partial charge in [-0.05, 0) is 42.8 Å². The maximum Gasteiger partial charge on any atom is 0.301 e. The van der Waals surface area contributed by atoms with Gasteiger partial charge in [0.05, 0.1) is 4.92 Å². The summed E-state index contributed by atoms with van der Waals surface area (Å²) >= 11 is 1.17. The van der Waals surface area contributed by atoms with E-state index in [1.807, 2.05) is 34.9 Å². The Balaban J connectivity index is 1.78. The normalized spacial score (nSPS) is 13.8. The van der Waals surface area contributed by atoms with Crippen molar-refractivity contribution >= 4 is 17.4 Å². The van der Waals surface area contributed by atoms with Crippen molar-refractivity contribution in [1.29, 1.82) is 0 Å². The Hall–Kier alpha value is -2.74. The van der Waals surface area contributed by atoms with Crippen LogP contribution >= 0.6 is 11.8 Å². The molecule has 120 valence electrons. The second kappa shape index (κ2) is 6.04. The highest BCUT2D eigenvalue weighted by Crippen LogP contribution is 2.42. The molecular weight excluding hydrogens is 326 g/mol. The van der Waals surface area contributed by atoms with Gasteiger partial charge >= 0.3 is 5.69 Å². The van der Waals surface area contributed by atoms with Crippen LogP contribution in [0.4, 0.5) is 5.69 Å². The summed E-state index contributed by atoms with van der Waals surface area (Å²) in [5.74, 6) is 1.31. The number of hydrogen-bond acceptors (Lipinski definition) is 6. The van der Waals surface area contributed by atoms with Crippen LogP contribution in [0.2, 0.25) is 0 Å². The predicted octanol–water partition coefficient (Wildman–Crippen LogP) is 3.60. The summed E-state index contributed by atoms with van der Waals surface area (Å²) in [6.07, 6.45) is 3.74. The number of hydrogen-bond donors (Lipinski definition) is 0. The lowest BCUT2D eigenvalue weighted by atomic mass is 10.3. The fourth-order valence-electron chi connectivity index (χ4n) is 2.46. The van der Waals surface area contributed by atoms with Crippen LogP contribution < -0.4 is 0 Å². The number of para-hydroxylation sites is 1. The molecule has 1 fully saturated rings. The van der Waals surface area contributed by atoms with Crippen molar-refractivity contribution in [2.24, 2.45) is 0 Å². The van der Waals surface area contributed by atoms with Gasteiger partial charge in [0.25, 0.3) is 0 Å². The summed E-state index contributed by atoms with van der Waals surface area (Å²) < 4.78 is 1.97. The Morgan fingerprint density at radius 2 is 1.92 bits per heavy atom. The summed E-state index contributed by atoms with van der Waals surface area (Å²) in [4.78, 5) is 14.9. The molecule has 0 radical (unpaired) electrons. The molecule has 0 amide bonds. The first kappa shape index (κ1) is 14.8. The molecule has 24 heavy (non-hydrogen) atoms. The Morgan fingerprint density at radius 1 is 1.12 bits per heavy atom. The number of aromatic nitrogens is 4. The average Bonchev–Trinajstić information content (AvgIpc) is 3.37. The van der Waals surface area contributed by atoms with E-state index in [1.165, 1.54) is 17.8 Å². The maximum atomic E-state index is 11.2. The van der Waals surface area contributed by atoms with Gasteiger partial charge in [0.1, 0.15) is 5.82 Å². The van der Waals surface area contributed by atoms with Crippen molar-refractivity contribution in [3.8, 4) is 5.69 Å². The number of pyridine rings is 1. The largest absolute Gasteiger partial charge is 0.301 e. The Labute approximate surface area is 141 Å². The van der Waals surface area contributed by atoms with Gasteiger partial charge in [0, 0.05) is 23.9 Å². The molecule has 3 aromatic rings. The van der Waals surface area contributed by atoms with Gasteiger partial charge < -0.3 is 0 Å². The van der Waals surface area contributed by atoms with E-state index in [1.54, 1.807) is 12.3 Å². The minimum absolute atomic E-state index is 0.0296. The number of benzene rings is 1. The Kier molecular flexibility index (Phi) is 3.73. The third-order valence-electron chi connectivity index (χ3n) is 3.75. The lowest BCUT2D eigenvalue weighted by molar-refractivity contribution is -0.388. The third kappa shape index (κ3) is 2.76. The van der Waals surface area contributed by atoms with Gasteiger partial charge in [-0.25, -0.2) is 4.98 Å². The van der Waals surface area contributed by atoms with E-state index >= 15 is 0 Å². The summed E-state index contributed by atoms with van der Waals surface area (Å²) in [6, 6.07) is 12.8. The quantitative estimate of drug-likeness (QED) is 0.521. The molecule has 2 aromatic heterocycles.